The van der Waals surface area contributed by atoms with E-state index in [9.17, 15) is 10.1 Å². The zero-order chi connectivity index (χ0) is 15.2. The van der Waals surface area contributed by atoms with E-state index in [0.717, 1.165) is 19.3 Å². The van der Waals surface area contributed by atoms with Crippen LogP contribution in [-0.2, 0) is 0 Å². The third-order valence-electron chi connectivity index (χ3n) is 4.12. The number of nitrogens with two attached hydrogens (primary N) is 1. The molecule has 0 amide bonds. The van der Waals surface area contributed by atoms with Crippen molar-refractivity contribution in [2.45, 2.75) is 25.7 Å². The van der Waals surface area contributed by atoms with Gasteiger partial charge in [-0.05, 0) is 43.4 Å². The van der Waals surface area contributed by atoms with Crippen molar-refractivity contribution in [1.82, 2.24) is 0 Å². The second-order valence-electron chi connectivity index (χ2n) is 5.37. The molecular formula is C15H19N3O3. The van der Waals surface area contributed by atoms with Crippen LogP contribution in [0.25, 0.3) is 0 Å². The predicted octanol–water partition coefficient (Wildman–Crippen LogP) is 2.61. The average molecular weight is 289 g/mol. The fourth-order valence-electron chi connectivity index (χ4n) is 2.93. The lowest BCUT2D eigenvalue weighted by Gasteiger charge is -2.30. The molecule has 1 aromatic rings. The number of rotatable bonds is 5. The Hall–Kier alpha value is -2.13. The number of nitro groups is 1. The van der Waals surface area contributed by atoms with E-state index in [2.05, 4.69) is 0 Å². The van der Waals surface area contributed by atoms with Gasteiger partial charge in [0.1, 0.15) is 11.6 Å². The van der Waals surface area contributed by atoms with Crippen LogP contribution in [-0.4, -0.2) is 18.1 Å². The van der Waals surface area contributed by atoms with Gasteiger partial charge in [0.05, 0.1) is 11.5 Å². The van der Waals surface area contributed by atoms with Crippen molar-refractivity contribution < 1.29 is 9.66 Å². The SMILES string of the molecule is N#Cc1cccc(OCC2CCCCC2CN)c1[N+](=O)[O-]. The minimum atomic E-state index is -0.560. The number of benzene rings is 1. The van der Waals surface area contributed by atoms with Gasteiger partial charge in [0.2, 0.25) is 0 Å². The van der Waals surface area contributed by atoms with Crippen LogP contribution < -0.4 is 10.5 Å². The van der Waals surface area contributed by atoms with E-state index in [-0.39, 0.29) is 17.0 Å². The van der Waals surface area contributed by atoms with Gasteiger partial charge in [0, 0.05) is 0 Å². The normalized spacial score (nSPS) is 21.5. The number of nitriles is 1. The minimum Gasteiger partial charge on any atom is -0.486 e. The van der Waals surface area contributed by atoms with Crippen LogP contribution >= 0.6 is 0 Å². The first-order chi connectivity index (χ1) is 10.2. The average Bonchev–Trinajstić information content (AvgIpc) is 2.52. The highest BCUT2D eigenvalue weighted by Gasteiger charge is 2.26. The Morgan fingerprint density at radius 1 is 1.38 bits per heavy atom. The molecule has 2 unspecified atom stereocenters. The van der Waals surface area contributed by atoms with Crippen molar-refractivity contribution in [3.8, 4) is 11.8 Å². The van der Waals surface area contributed by atoms with Crippen LogP contribution in [0.2, 0.25) is 0 Å². The van der Waals surface area contributed by atoms with Gasteiger partial charge < -0.3 is 10.5 Å². The first-order valence-corrected chi connectivity index (χ1v) is 7.17. The molecule has 6 heteroatoms. The molecule has 6 nitrogen and oxygen atoms in total. The molecule has 1 fully saturated rings. The van der Waals surface area contributed by atoms with Crippen molar-refractivity contribution in [3.63, 3.8) is 0 Å². The Labute approximate surface area is 123 Å². The van der Waals surface area contributed by atoms with Crippen molar-refractivity contribution >= 4 is 5.69 Å². The molecule has 1 aromatic carbocycles. The smallest absolute Gasteiger partial charge is 0.328 e. The first-order valence-electron chi connectivity index (χ1n) is 7.17. The summed E-state index contributed by atoms with van der Waals surface area (Å²) in [5.41, 5.74) is 5.55. The Kier molecular flexibility index (Phi) is 5.12. The summed E-state index contributed by atoms with van der Waals surface area (Å²) in [7, 11) is 0. The molecule has 0 saturated heterocycles. The summed E-state index contributed by atoms with van der Waals surface area (Å²) < 4.78 is 5.66. The third-order valence-corrected chi connectivity index (χ3v) is 4.12. The van der Waals surface area contributed by atoms with Crippen LogP contribution in [0.1, 0.15) is 31.2 Å². The van der Waals surface area contributed by atoms with E-state index >= 15 is 0 Å². The van der Waals surface area contributed by atoms with E-state index in [1.807, 2.05) is 6.07 Å². The molecule has 0 spiro atoms. The largest absolute Gasteiger partial charge is 0.486 e. The number of ether oxygens (including phenoxy) is 1. The predicted molar refractivity (Wildman–Crippen MR) is 77.8 cm³/mol. The zero-order valence-corrected chi connectivity index (χ0v) is 11.8. The topological polar surface area (TPSA) is 102 Å². The highest BCUT2D eigenvalue weighted by Crippen LogP contribution is 2.33. The molecular weight excluding hydrogens is 270 g/mol. The molecule has 2 rings (SSSR count). The van der Waals surface area contributed by atoms with Crippen molar-refractivity contribution in [1.29, 1.82) is 5.26 Å². The molecule has 2 N–H and O–H groups in total. The molecule has 1 saturated carbocycles. The number of hydrogen-bond acceptors (Lipinski definition) is 5. The lowest BCUT2D eigenvalue weighted by atomic mass is 9.80. The van der Waals surface area contributed by atoms with Gasteiger partial charge in [0.15, 0.2) is 5.75 Å². The van der Waals surface area contributed by atoms with E-state index in [0.29, 0.717) is 25.0 Å². The molecule has 1 aliphatic rings. The molecule has 21 heavy (non-hydrogen) atoms. The summed E-state index contributed by atoms with van der Waals surface area (Å²) in [6.07, 6.45) is 4.45. The van der Waals surface area contributed by atoms with E-state index in [4.69, 9.17) is 15.7 Å². The summed E-state index contributed by atoms with van der Waals surface area (Å²) in [6, 6.07) is 6.40. The summed E-state index contributed by atoms with van der Waals surface area (Å²) >= 11 is 0. The maximum Gasteiger partial charge on any atom is 0.328 e. The maximum atomic E-state index is 11.1. The van der Waals surface area contributed by atoms with Crippen LogP contribution in [0, 0.1) is 33.3 Å². The van der Waals surface area contributed by atoms with Crippen molar-refractivity contribution in [3.05, 3.63) is 33.9 Å². The van der Waals surface area contributed by atoms with Gasteiger partial charge >= 0.3 is 5.69 Å². The van der Waals surface area contributed by atoms with Gasteiger partial charge in [-0.25, -0.2) is 0 Å². The molecule has 0 radical (unpaired) electrons. The lowest BCUT2D eigenvalue weighted by molar-refractivity contribution is -0.386. The number of hydrogen-bond donors (Lipinski definition) is 1. The summed E-state index contributed by atoms with van der Waals surface area (Å²) in [4.78, 5) is 10.6. The Morgan fingerprint density at radius 2 is 2.10 bits per heavy atom. The summed E-state index contributed by atoms with van der Waals surface area (Å²) in [5.74, 6) is 0.909. The summed E-state index contributed by atoms with van der Waals surface area (Å²) in [5, 5.41) is 20.1. The molecule has 0 bridgehead atoms. The second kappa shape index (κ2) is 7.04. The second-order valence-corrected chi connectivity index (χ2v) is 5.37. The van der Waals surface area contributed by atoms with Gasteiger partial charge in [-0.1, -0.05) is 18.9 Å². The molecule has 0 heterocycles. The van der Waals surface area contributed by atoms with Crippen LogP contribution in [0.3, 0.4) is 0 Å². The fourth-order valence-corrected chi connectivity index (χ4v) is 2.93. The molecule has 0 aliphatic heterocycles. The van der Waals surface area contributed by atoms with E-state index in [1.165, 1.54) is 12.5 Å². The number of nitro benzene ring substituents is 1. The molecule has 112 valence electrons. The zero-order valence-electron chi connectivity index (χ0n) is 11.8. The van der Waals surface area contributed by atoms with Crippen molar-refractivity contribution in [2.75, 3.05) is 13.2 Å². The Balaban J connectivity index is 2.13. The fraction of sp³-hybridized carbons (Fsp3) is 0.533. The van der Waals surface area contributed by atoms with E-state index in [1.54, 1.807) is 12.1 Å². The monoisotopic (exact) mass is 289 g/mol. The van der Waals surface area contributed by atoms with Gasteiger partial charge in [-0.2, -0.15) is 5.26 Å². The first kappa shape index (κ1) is 15.3. The van der Waals surface area contributed by atoms with Crippen LogP contribution in [0.15, 0.2) is 18.2 Å². The van der Waals surface area contributed by atoms with Crippen LogP contribution in [0.5, 0.6) is 5.75 Å². The van der Waals surface area contributed by atoms with E-state index < -0.39 is 4.92 Å². The molecule has 1 aliphatic carbocycles. The minimum absolute atomic E-state index is 0.0246. The van der Waals surface area contributed by atoms with Gasteiger partial charge in [-0.15, -0.1) is 0 Å². The van der Waals surface area contributed by atoms with Gasteiger partial charge in [-0.3, -0.25) is 10.1 Å². The molecule has 2 atom stereocenters. The van der Waals surface area contributed by atoms with Crippen LogP contribution in [0.4, 0.5) is 5.69 Å². The Morgan fingerprint density at radius 3 is 2.71 bits per heavy atom. The number of nitrogens with zero attached hydrogens (tertiary/aromatic N) is 2. The highest BCUT2D eigenvalue weighted by atomic mass is 16.6. The Bertz CT molecular complexity index is 554. The summed E-state index contributed by atoms with van der Waals surface area (Å²) in [6.45, 7) is 1.03. The number of para-hydroxylation sites is 1. The lowest BCUT2D eigenvalue weighted by Crippen LogP contribution is -2.30. The van der Waals surface area contributed by atoms with Gasteiger partial charge in [0.25, 0.3) is 0 Å². The quantitative estimate of drug-likeness (QED) is 0.663. The third kappa shape index (κ3) is 3.50. The maximum absolute atomic E-state index is 11.1. The highest BCUT2D eigenvalue weighted by molar-refractivity contribution is 5.57. The standard InChI is InChI=1S/C15H19N3O3/c16-8-11-4-1-2-5-13(11)10-21-14-7-3-6-12(9-17)15(14)18(19)20/h3,6-7,11,13H,1-2,4-5,8,10,16H2. The molecule has 0 aromatic heterocycles. The van der Waals surface area contributed by atoms with Crippen molar-refractivity contribution in [2.24, 2.45) is 17.6 Å².